The van der Waals surface area contributed by atoms with Crippen LogP contribution in [0, 0.1) is 5.92 Å². The van der Waals surface area contributed by atoms with E-state index >= 15 is 0 Å². The van der Waals surface area contributed by atoms with E-state index in [-0.39, 0.29) is 0 Å². The molecule has 2 rings (SSSR count). The Morgan fingerprint density at radius 3 is 3.00 bits per heavy atom. The molecule has 0 aliphatic carbocycles. The van der Waals surface area contributed by atoms with Gasteiger partial charge in [-0.3, -0.25) is 4.90 Å². The number of nitrogens with two attached hydrogens (primary N) is 1. The van der Waals surface area contributed by atoms with Gasteiger partial charge in [-0.15, -0.1) is 0 Å². The van der Waals surface area contributed by atoms with E-state index in [0.29, 0.717) is 18.0 Å². The Labute approximate surface area is 97.6 Å². The van der Waals surface area contributed by atoms with Crippen molar-refractivity contribution in [2.24, 2.45) is 11.7 Å². The average Bonchev–Trinajstić information content (AvgIpc) is 2.87. The molecule has 3 nitrogen and oxygen atoms in total. The quantitative estimate of drug-likeness (QED) is 0.845. The molecule has 3 atom stereocenters. The van der Waals surface area contributed by atoms with Gasteiger partial charge >= 0.3 is 0 Å². The van der Waals surface area contributed by atoms with Crippen LogP contribution < -0.4 is 5.73 Å². The lowest BCUT2D eigenvalue weighted by Gasteiger charge is -2.28. The number of nitrogens with zero attached hydrogens (tertiary/aromatic N) is 1. The third kappa shape index (κ3) is 2.47. The van der Waals surface area contributed by atoms with Crippen molar-refractivity contribution in [2.45, 2.75) is 38.8 Å². The van der Waals surface area contributed by atoms with Gasteiger partial charge in [-0.25, -0.2) is 0 Å². The highest BCUT2D eigenvalue weighted by Gasteiger charge is 2.31. The van der Waals surface area contributed by atoms with E-state index in [4.69, 9.17) is 10.2 Å². The van der Waals surface area contributed by atoms with Crippen LogP contribution in [-0.2, 0) is 6.42 Å². The van der Waals surface area contributed by atoms with Crippen LogP contribution in [0.25, 0.3) is 0 Å². The first-order chi connectivity index (χ1) is 7.70. The van der Waals surface area contributed by atoms with Crippen molar-refractivity contribution in [3.8, 4) is 0 Å². The van der Waals surface area contributed by atoms with Crippen LogP contribution in [0.2, 0.25) is 0 Å². The predicted octanol–water partition coefficient (Wildman–Crippen LogP) is 1.88. The van der Waals surface area contributed by atoms with E-state index < -0.39 is 0 Å². The molecule has 0 saturated carbocycles. The topological polar surface area (TPSA) is 42.4 Å². The SMILES string of the molecule is CC(Cc1ccco1)N1CC(CN)CC1C. The van der Waals surface area contributed by atoms with E-state index in [0.717, 1.165) is 25.3 Å². The Balaban J connectivity index is 1.92. The van der Waals surface area contributed by atoms with Crippen LogP contribution in [0.15, 0.2) is 22.8 Å². The maximum absolute atomic E-state index is 5.75. The lowest BCUT2D eigenvalue weighted by Crippen LogP contribution is -2.37. The van der Waals surface area contributed by atoms with Gasteiger partial charge in [-0.2, -0.15) is 0 Å². The summed E-state index contributed by atoms with van der Waals surface area (Å²) >= 11 is 0. The molecule has 3 heteroatoms. The van der Waals surface area contributed by atoms with Gasteiger partial charge in [0.2, 0.25) is 0 Å². The zero-order valence-corrected chi connectivity index (χ0v) is 10.2. The summed E-state index contributed by atoms with van der Waals surface area (Å²) in [7, 11) is 0. The number of furan rings is 1. The summed E-state index contributed by atoms with van der Waals surface area (Å²) in [4.78, 5) is 2.56. The van der Waals surface area contributed by atoms with Crippen LogP contribution in [0.4, 0.5) is 0 Å². The standard InChI is InChI=1S/C13H22N2O/c1-10-6-12(8-14)9-15(10)11(2)7-13-4-3-5-16-13/h3-5,10-12H,6-9,14H2,1-2H3. The van der Waals surface area contributed by atoms with E-state index in [2.05, 4.69) is 24.8 Å². The molecule has 1 fully saturated rings. The van der Waals surface area contributed by atoms with Crippen LogP contribution in [0.5, 0.6) is 0 Å². The van der Waals surface area contributed by atoms with Gasteiger partial charge in [-0.1, -0.05) is 0 Å². The maximum atomic E-state index is 5.75. The second-order valence-corrected chi connectivity index (χ2v) is 5.02. The van der Waals surface area contributed by atoms with Crippen molar-refractivity contribution in [2.75, 3.05) is 13.1 Å². The Hall–Kier alpha value is -0.800. The van der Waals surface area contributed by atoms with Gasteiger partial charge in [-0.05, 0) is 44.9 Å². The largest absolute Gasteiger partial charge is 0.469 e. The first kappa shape index (κ1) is 11.7. The summed E-state index contributed by atoms with van der Waals surface area (Å²) in [6, 6.07) is 5.20. The van der Waals surface area contributed by atoms with E-state index in [9.17, 15) is 0 Å². The first-order valence-electron chi connectivity index (χ1n) is 6.19. The zero-order chi connectivity index (χ0) is 11.5. The van der Waals surface area contributed by atoms with Crippen LogP contribution in [0.3, 0.4) is 0 Å². The predicted molar refractivity (Wildman–Crippen MR) is 65.2 cm³/mol. The van der Waals surface area contributed by atoms with Crippen molar-refractivity contribution in [3.05, 3.63) is 24.2 Å². The summed E-state index contributed by atoms with van der Waals surface area (Å²) in [5.41, 5.74) is 5.75. The van der Waals surface area contributed by atoms with Gasteiger partial charge in [0.25, 0.3) is 0 Å². The molecule has 0 radical (unpaired) electrons. The Morgan fingerprint density at radius 1 is 1.62 bits per heavy atom. The molecule has 3 unspecified atom stereocenters. The zero-order valence-electron chi connectivity index (χ0n) is 10.2. The highest BCUT2D eigenvalue weighted by atomic mass is 16.3. The maximum Gasteiger partial charge on any atom is 0.105 e. The number of hydrogen-bond donors (Lipinski definition) is 1. The number of rotatable bonds is 4. The molecule has 0 bridgehead atoms. The van der Waals surface area contributed by atoms with Crippen LogP contribution in [0.1, 0.15) is 26.0 Å². The van der Waals surface area contributed by atoms with Gasteiger partial charge in [0, 0.05) is 25.0 Å². The lowest BCUT2D eigenvalue weighted by atomic mass is 10.1. The second kappa shape index (κ2) is 5.02. The number of likely N-dealkylation sites (tertiary alicyclic amines) is 1. The molecule has 1 aliphatic rings. The molecule has 0 spiro atoms. The molecular weight excluding hydrogens is 200 g/mol. The monoisotopic (exact) mass is 222 g/mol. The summed E-state index contributed by atoms with van der Waals surface area (Å²) in [5.74, 6) is 1.75. The Kier molecular flexibility index (Phi) is 3.66. The van der Waals surface area contributed by atoms with E-state index in [1.54, 1.807) is 6.26 Å². The molecule has 1 aromatic rings. The molecule has 0 amide bonds. The van der Waals surface area contributed by atoms with Crippen LogP contribution >= 0.6 is 0 Å². The molecule has 90 valence electrons. The minimum Gasteiger partial charge on any atom is -0.469 e. The van der Waals surface area contributed by atoms with Gasteiger partial charge in [0.15, 0.2) is 0 Å². The molecule has 1 aromatic heterocycles. The fraction of sp³-hybridized carbons (Fsp3) is 0.692. The van der Waals surface area contributed by atoms with Crippen molar-refractivity contribution >= 4 is 0 Å². The van der Waals surface area contributed by atoms with Crippen molar-refractivity contribution < 1.29 is 4.42 Å². The summed E-state index contributed by atoms with van der Waals surface area (Å²) < 4.78 is 5.40. The summed E-state index contributed by atoms with van der Waals surface area (Å²) in [5, 5.41) is 0. The summed E-state index contributed by atoms with van der Waals surface area (Å²) in [6.45, 7) is 6.53. The normalized spacial score (nSPS) is 28.4. The molecule has 1 aliphatic heterocycles. The highest BCUT2D eigenvalue weighted by molar-refractivity contribution is 5.01. The lowest BCUT2D eigenvalue weighted by molar-refractivity contribution is 0.192. The Morgan fingerprint density at radius 2 is 2.44 bits per heavy atom. The van der Waals surface area contributed by atoms with Gasteiger partial charge in [0.1, 0.15) is 5.76 Å². The van der Waals surface area contributed by atoms with E-state index in [1.165, 1.54) is 6.42 Å². The third-order valence-corrected chi connectivity index (χ3v) is 3.69. The molecule has 2 N–H and O–H groups in total. The Bertz CT molecular complexity index is 310. The van der Waals surface area contributed by atoms with Crippen molar-refractivity contribution in [3.63, 3.8) is 0 Å². The van der Waals surface area contributed by atoms with Gasteiger partial charge in [0.05, 0.1) is 6.26 Å². The minimum atomic E-state index is 0.540. The molecule has 1 saturated heterocycles. The van der Waals surface area contributed by atoms with Gasteiger partial charge < -0.3 is 10.2 Å². The first-order valence-corrected chi connectivity index (χ1v) is 6.19. The van der Waals surface area contributed by atoms with Crippen LogP contribution in [-0.4, -0.2) is 30.1 Å². The molecule has 2 heterocycles. The molecule has 16 heavy (non-hydrogen) atoms. The smallest absolute Gasteiger partial charge is 0.105 e. The highest BCUT2D eigenvalue weighted by Crippen LogP contribution is 2.25. The fourth-order valence-corrected chi connectivity index (χ4v) is 2.79. The molecular formula is C13H22N2O. The average molecular weight is 222 g/mol. The summed E-state index contributed by atoms with van der Waals surface area (Å²) in [6.07, 6.45) is 3.98. The van der Waals surface area contributed by atoms with Crippen molar-refractivity contribution in [1.29, 1.82) is 0 Å². The number of hydrogen-bond acceptors (Lipinski definition) is 3. The molecule has 0 aromatic carbocycles. The van der Waals surface area contributed by atoms with E-state index in [1.807, 2.05) is 6.07 Å². The minimum absolute atomic E-state index is 0.540. The van der Waals surface area contributed by atoms with Crippen molar-refractivity contribution in [1.82, 2.24) is 4.90 Å². The third-order valence-electron chi connectivity index (χ3n) is 3.69. The fourth-order valence-electron chi connectivity index (χ4n) is 2.79. The second-order valence-electron chi connectivity index (χ2n) is 5.02.